The molecule has 2 rings (SSSR count). The van der Waals surface area contributed by atoms with Gasteiger partial charge >= 0.3 is 0 Å². The first kappa shape index (κ1) is 16.2. The molecule has 1 heterocycles. The zero-order chi connectivity index (χ0) is 16.2. The van der Waals surface area contributed by atoms with E-state index in [2.05, 4.69) is 10.7 Å². The van der Waals surface area contributed by atoms with Crippen molar-refractivity contribution in [2.45, 2.75) is 6.42 Å². The van der Waals surface area contributed by atoms with Crippen LogP contribution in [0.2, 0.25) is 0 Å². The summed E-state index contributed by atoms with van der Waals surface area (Å²) in [4.78, 5) is 17.4. The van der Waals surface area contributed by atoms with Crippen LogP contribution in [-0.4, -0.2) is 12.0 Å². The molecule has 0 spiro atoms. The Balaban J connectivity index is 2.16. The van der Waals surface area contributed by atoms with Gasteiger partial charge in [-0.05, 0) is 18.2 Å². The molecule has 1 N–H and O–H groups in total. The molecule has 1 aromatic carbocycles. The SMILES string of the molecule is O=C1C=CC=CC=CC=CC=CC=NNOc2ccccc2C1. The number of nitrogens with zero attached hydrogens (tertiary/aromatic N) is 1. The summed E-state index contributed by atoms with van der Waals surface area (Å²) in [7, 11) is 0. The highest BCUT2D eigenvalue weighted by Gasteiger charge is 2.06. The van der Waals surface area contributed by atoms with Crippen molar-refractivity contribution in [3.8, 4) is 5.75 Å². The predicted octanol–water partition coefficient (Wildman–Crippen LogP) is 3.46. The zero-order valence-corrected chi connectivity index (χ0v) is 12.6. The summed E-state index contributed by atoms with van der Waals surface area (Å²) in [6.45, 7) is 0. The minimum absolute atomic E-state index is 0.00197. The summed E-state index contributed by atoms with van der Waals surface area (Å²) in [6, 6.07) is 7.36. The minimum Gasteiger partial charge on any atom is -0.365 e. The molecule has 0 aliphatic carbocycles. The van der Waals surface area contributed by atoms with Crippen LogP contribution in [0.1, 0.15) is 5.56 Å². The van der Waals surface area contributed by atoms with Crippen molar-refractivity contribution in [1.29, 1.82) is 0 Å². The van der Waals surface area contributed by atoms with Crippen LogP contribution in [0.4, 0.5) is 0 Å². The maximum absolute atomic E-state index is 12.0. The van der Waals surface area contributed by atoms with Gasteiger partial charge < -0.3 is 4.84 Å². The van der Waals surface area contributed by atoms with Crippen LogP contribution >= 0.6 is 0 Å². The number of para-hydroxylation sites is 1. The monoisotopic (exact) mass is 306 g/mol. The number of fused-ring (bicyclic) bond motifs is 1. The molecular weight excluding hydrogens is 288 g/mol. The van der Waals surface area contributed by atoms with Gasteiger partial charge in [-0.2, -0.15) is 5.10 Å². The first-order chi connectivity index (χ1) is 11.4. The quantitative estimate of drug-likeness (QED) is 0.798. The van der Waals surface area contributed by atoms with Gasteiger partial charge in [0.15, 0.2) is 11.5 Å². The number of hydrazone groups is 1. The lowest BCUT2D eigenvalue weighted by Gasteiger charge is -2.07. The highest BCUT2D eigenvalue weighted by atomic mass is 16.7. The second-order valence-electron chi connectivity index (χ2n) is 4.62. The van der Waals surface area contributed by atoms with Gasteiger partial charge in [0.1, 0.15) is 0 Å². The lowest BCUT2D eigenvalue weighted by molar-refractivity contribution is -0.114. The van der Waals surface area contributed by atoms with Gasteiger partial charge in [0.25, 0.3) is 0 Å². The predicted molar refractivity (Wildman–Crippen MR) is 93.1 cm³/mol. The highest BCUT2D eigenvalue weighted by Crippen LogP contribution is 2.18. The second kappa shape index (κ2) is 9.73. The summed E-state index contributed by atoms with van der Waals surface area (Å²) in [5.74, 6) is 0.581. The van der Waals surface area contributed by atoms with E-state index in [9.17, 15) is 4.79 Å². The van der Waals surface area contributed by atoms with E-state index < -0.39 is 0 Å². The van der Waals surface area contributed by atoms with Crippen LogP contribution in [0.5, 0.6) is 5.75 Å². The van der Waals surface area contributed by atoms with Gasteiger partial charge in [-0.1, -0.05) is 66.8 Å². The van der Waals surface area contributed by atoms with Crippen molar-refractivity contribution in [2.75, 3.05) is 0 Å². The summed E-state index contributed by atoms with van der Waals surface area (Å²) in [6.07, 6.45) is 20.0. The van der Waals surface area contributed by atoms with Crippen LogP contribution in [-0.2, 0) is 11.2 Å². The van der Waals surface area contributed by atoms with Crippen molar-refractivity contribution in [1.82, 2.24) is 5.59 Å². The minimum atomic E-state index is 0.00197. The first-order valence-corrected chi connectivity index (χ1v) is 7.25. The van der Waals surface area contributed by atoms with Gasteiger partial charge in [-0.3, -0.25) is 4.79 Å². The molecule has 23 heavy (non-hydrogen) atoms. The number of benzene rings is 1. The fraction of sp³-hybridized carbons (Fsp3) is 0.0526. The standard InChI is InChI=1S/C19H18N2O2/c22-18-13-8-6-4-2-1-3-5-7-11-15-20-21-23-19-14-10-9-12-17(19)16-18/h1-15,21H,16H2. The van der Waals surface area contributed by atoms with Crippen LogP contribution in [0.3, 0.4) is 0 Å². The summed E-state index contributed by atoms with van der Waals surface area (Å²) >= 11 is 0. The first-order valence-electron chi connectivity index (χ1n) is 7.25. The molecule has 0 radical (unpaired) electrons. The number of carbonyl (C=O) groups is 1. The Morgan fingerprint density at radius 3 is 2.30 bits per heavy atom. The molecular formula is C19H18N2O2. The van der Waals surface area contributed by atoms with E-state index in [0.29, 0.717) is 5.75 Å². The molecule has 0 bridgehead atoms. The highest BCUT2D eigenvalue weighted by molar-refractivity contribution is 5.92. The molecule has 116 valence electrons. The summed E-state index contributed by atoms with van der Waals surface area (Å²) in [5, 5.41) is 3.91. The molecule has 1 aromatic rings. The van der Waals surface area contributed by atoms with E-state index in [4.69, 9.17) is 4.84 Å². The summed E-state index contributed by atoms with van der Waals surface area (Å²) in [5.41, 5.74) is 3.30. The van der Waals surface area contributed by atoms with Crippen molar-refractivity contribution in [2.24, 2.45) is 5.10 Å². The van der Waals surface area contributed by atoms with E-state index in [1.54, 1.807) is 30.5 Å². The number of hydrogen-bond donors (Lipinski definition) is 1. The molecule has 0 aromatic heterocycles. The molecule has 0 amide bonds. The van der Waals surface area contributed by atoms with Crippen molar-refractivity contribution in [3.63, 3.8) is 0 Å². The Kier molecular flexibility index (Phi) is 6.87. The number of nitrogens with one attached hydrogen (secondary N) is 1. The lowest BCUT2D eigenvalue weighted by atomic mass is 10.1. The Hall–Kier alpha value is -3.14. The van der Waals surface area contributed by atoms with E-state index in [1.807, 2.05) is 60.7 Å². The fourth-order valence-electron chi connectivity index (χ4n) is 1.81. The Labute approximate surface area is 135 Å². The smallest absolute Gasteiger partial charge is 0.160 e. The molecule has 0 saturated heterocycles. The molecule has 0 fully saturated rings. The number of rotatable bonds is 0. The van der Waals surface area contributed by atoms with Crippen LogP contribution in [0.15, 0.2) is 90.1 Å². The van der Waals surface area contributed by atoms with Crippen LogP contribution in [0.25, 0.3) is 0 Å². The van der Waals surface area contributed by atoms with Crippen molar-refractivity contribution in [3.05, 3.63) is 90.6 Å². The molecule has 0 unspecified atom stereocenters. The molecule has 4 heteroatoms. The third-order valence-electron chi connectivity index (χ3n) is 2.88. The lowest BCUT2D eigenvalue weighted by Crippen LogP contribution is -2.13. The average molecular weight is 306 g/mol. The number of carbonyl (C=O) groups excluding carboxylic acids is 1. The van der Waals surface area contributed by atoms with Gasteiger partial charge in [-0.25, -0.2) is 0 Å². The maximum atomic E-state index is 12.0. The molecule has 1 aliphatic heterocycles. The van der Waals surface area contributed by atoms with Crippen LogP contribution in [0, 0.1) is 0 Å². The third-order valence-corrected chi connectivity index (χ3v) is 2.88. The molecule has 4 nitrogen and oxygen atoms in total. The van der Waals surface area contributed by atoms with Gasteiger partial charge in [0.05, 0.1) is 6.21 Å². The number of hydrogen-bond acceptors (Lipinski definition) is 4. The Morgan fingerprint density at radius 2 is 1.52 bits per heavy atom. The van der Waals surface area contributed by atoms with Gasteiger partial charge in [0, 0.05) is 12.0 Å². The average Bonchev–Trinajstić information content (AvgIpc) is 2.56. The second-order valence-corrected chi connectivity index (χ2v) is 4.62. The third kappa shape index (κ3) is 6.44. The largest absolute Gasteiger partial charge is 0.365 e. The normalized spacial score (nSPS) is 15.4. The van der Waals surface area contributed by atoms with Crippen molar-refractivity contribution >= 4 is 12.0 Å². The molecule has 0 atom stereocenters. The van der Waals surface area contributed by atoms with Gasteiger partial charge in [-0.15, -0.1) is 5.59 Å². The maximum Gasteiger partial charge on any atom is 0.160 e. The fourth-order valence-corrected chi connectivity index (χ4v) is 1.81. The van der Waals surface area contributed by atoms with Crippen LogP contribution < -0.4 is 10.4 Å². The Morgan fingerprint density at radius 1 is 0.870 bits per heavy atom. The van der Waals surface area contributed by atoms with E-state index in [1.165, 1.54) is 0 Å². The Bertz CT molecular complexity index is 695. The molecule has 0 saturated carbocycles. The van der Waals surface area contributed by atoms with E-state index >= 15 is 0 Å². The van der Waals surface area contributed by atoms with E-state index in [-0.39, 0.29) is 12.2 Å². The topological polar surface area (TPSA) is 50.7 Å². The number of ketones is 1. The molecule has 1 aliphatic rings. The summed E-state index contributed by atoms with van der Waals surface area (Å²) < 4.78 is 0. The van der Waals surface area contributed by atoms with Gasteiger partial charge in [0.2, 0.25) is 0 Å². The zero-order valence-electron chi connectivity index (χ0n) is 12.6. The van der Waals surface area contributed by atoms with E-state index in [0.717, 1.165) is 5.56 Å². The van der Waals surface area contributed by atoms with Crippen molar-refractivity contribution < 1.29 is 9.63 Å². The number of allylic oxidation sites excluding steroid dienone is 10.